The summed E-state index contributed by atoms with van der Waals surface area (Å²) in [6.45, 7) is 3.53. The average Bonchev–Trinajstić information content (AvgIpc) is 2.48. The van der Waals surface area contributed by atoms with Crippen molar-refractivity contribution in [3.05, 3.63) is 48.4 Å². The maximum Gasteiger partial charge on any atom is 0.237 e. The first-order chi connectivity index (χ1) is 10.1. The van der Waals surface area contributed by atoms with E-state index in [-0.39, 0.29) is 6.10 Å². The number of nitrogens with zero attached hydrogens (tertiary/aromatic N) is 3. The van der Waals surface area contributed by atoms with Crippen molar-refractivity contribution in [3.8, 4) is 11.6 Å². The zero-order chi connectivity index (χ0) is 15.1. The van der Waals surface area contributed by atoms with Crippen LogP contribution in [0.1, 0.15) is 18.9 Å². The van der Waals surface area contributed by atoms with E-state index >= 15 is 0 Å². The largest absolute Gasteiger partial charge is 0.438 e. The minimum Gasteiger partial charge on any atom is -0.438 e. The molecule has 0 radical (unpaired) electrons. The highest BCUT2D eigenvalue weighted by atomic mass is 16.5. The summed E-state index contributed by atoms with van der Waals surface area (Å²) in [7, 11) is 2.05. The molecule has 5 heteroatoms. The number of aromatic nitrogens is 2. The van der Waals surface area contributed by atoms with Crippen molar-refractivity contribution in [1.29, 1.82) is 0 Å². The van der Waals surface area contributed by atoms with E-state index in [0.29, 0.717) is 5.88 Å². The Kier molecular flexibility index (Phi) is 5.66. The van der Waals surface area contributed by atoms with Crippen molar-refractivity contribution in [2.75, 3.05) is 13.6 Å². The van der Waals surface area contributed by atoms with Crippen LogP contribution in [0, 0.1) is 0 Å². The molecule has 0 amide bonds. The lowest BCUT2D eigenvalue weighted by atomic mass is 10.2. The third kappa shape index (κ3) is 5.49. The van der Waals surface area contributed by atoms with Crippen LogP contribution in [-0.2, 0) is 6.54 Å². The quantitative estimate of drug-likeness (QED) is 0.847. The van der Waals surface area contributed by atoms with E-state index in [1.807, 2.05) is 38.2 Å². The number of benzene rings is 1. The molecule has 0 aliphatic rings. The summed E-state index contributed by atoms with van der Waals surface area (Å²) >= 11 is 0. The lowest BCUT2D eigenvalue weighted by Gasteiger charge is -2.17. The molecule has 2 rings (SSSR count). The molecule has 0 saturated heterocycles. The molecule has 0 saturated carbocycles. The standard InChI is InChI=1S/C16H21N3O2/c1-13(20)7-10-19(2)12-14-3-5-15(6-4-14)21-16-11-17-8-9-18-16/h3-6,8-9,11,13,20H,7,10,12H2,1-2H3. The van der Waals surface area contributed by atoms with Crippen LogP contribution in [0.4, 0.5) is 0 Å². The zero-order valence-electron chi connectivity index (χ0n) is 12.4. The van der Waals surface area contributed by atoms with Crippen molar-refractivity contribution in [2.24, 2.45) is 0 Å². The van der Waals surface area contributed by atoms with Gasteiger partial charge in [-0.2, -0.15) is 0 Å². The summed E-state index contributed by atoms with van der Waals surface area (Å²) in [5.74, 6) is 1.23. The third-order valence-corrected chi connectivity index (χ3v) is 3.07. The minimum absolute atomic E-state index is 0.254. The fourth-order valence-electron chi connectivity index (χ4n) is 1.92. The van der Waals surface area contributed by atoms with Gasteiger partial charge >= 0.3 is 0 Å². The van der Waals surface area contributed by atoms with Crippen molar-refractivity contribution in [1.82, 2.24) is 14.9 Å². The van der Waals surface area contributed by atoms with E-state index in [2.05, 4.69) is 14.9 Å². The van der Waals surface area contributed by atoms with E-state index < -0.39 is 0 Å². The van der Waals surface area contributed by atoms with E-state index in [0.717, 1.165) is 25.3 Å². The van der Waals surface area contributed by atoms with Gasteiger partial charge in [0.1, 0.15) is 5.75 Å². The molecule has 0 spiro atoms. The van der Waals surface area contributed by atoms with Crippen LogP contribution in [0.15, 0.2) is 42.9 Å². The average molecular weight is 287 g/mol. The van der Waals surface area contributed by atoms with Crippen LogP contribution in [0.25, 0.3) is 0 Å². The third-order valence-electron chi connectivity index (χ3n) is 3.07. The van der Waals surface area contributed by atoms with Crippen LogP contribution in [0.2, 0.25) is 0 Å². The number of ether oxygens (including phenoxy) is 1. The molecular formula is C16H21N3O2. The predicted octanol–water partition coefficient (Wildman–Crippen LogP) is 2.47. The summed E-state index contributed by atoms with van der Waals surface area (Å²) in [4.78, 5) is 10.2. The Hall–Kier alpha value is -1.98. The molecule has 0 aliphatic heterocycles. The van der Waals surface area contributed by atoms with Gasteiger partial charge in [0.2, 0.25) is 5.88 Å². The molecule has 0 bridgehead atoms. The van der Waals surface area contributed by atoms with Crippen molar-refractivity contribution >= 4 is 0 Å². The lowest BCUT2D eigenvalue weighted by molar-refractivity contribution is 0.163. The van der Waals surface area contributed by atoms with Crippen LogP contribution in [0.3, 0.4) is 0 Å². The topological polar surface area (TPSA) is 58.5 Å². The van der Waals surface area contributed by atoms with E-state index in [1.165, 1.54) is 5.56 Å². The molecule has 1 aromatic carbocycles. The Morgan fingerprint density at radius 1 is 1.24 bits per heavy atom. The second-order valence-corrected chi connectivity index (χ2v) is 5.17. The first kappa shape index (κ1) is 15.4. The van der Waals surface area contributed by atoms with Gasteiger partial charge in [-0.1, -0.05) is 12.1 Å². The Labute approximate surface area is 125 Å². The van der Waals surface area contributed by atoms with E-state index in [4.69, 9.17) is 4.74 Å². The highest BCUT2D eigenvalue weighted by Gasteiger charge is 2.04. The van der Waals surface area contributed by atoms with Gasteiger partial charge in [0, 0.05) is 25.5 Å². The van der Waals surface area contributed by atoms with Gasteiger partial charge in [-0.3, -0.25) is 4.98 Å². The van der Waals surface area contributed by atoms with E-state index in [1.54, 1.807) is 18.6 Å². The van der Waals surface area contributed by atoms with Gasteiger partial charge in [-0.05, 0) is 38.1 Å². The number of hydrogen-bond acceptors (Lipinski definition) is 5. The first-order valence-electron chi connectivity index (χ1n) is 7.03. The second-order valence-electron chi connectivity index (χ2n) is 5.17. The fourth-order valence-corrected chi connectivity index (χ4v) is 1.92. The molecular weight excluding hydrogens is 266 g/mol. The van der Waals surface area contributed by atoms with Gasteiger partial charge in [-0.15, -0.1) is 0 Å². The zero-order valence-corrected chi connectivity index (χ0v) is 12.4. The van der Waals surface area contributed by atoms with Crippen molar-refractivity contribution < 1.29 is 9.84 Å². The van der Waals surface area contributed by atoms with Crippen molar-refractivity contribution in [3.63, 3.8) is 0 Å². The molecule has 0 fully saturated rings. The summed E-state index contributed by atoms with van der Waals surface area (Å²) in [5, 5.41) is 9.29. The molecule has 112 valence electrons. The van der Waals surface area contributed by atoms with Gasteiger partial charge in [0.15, 0.2) is 0 Å². The maximum absolute atomic E-state index is 9.29. The number of aliphatic hydroxyl groups is 1. The van der Waals surface area contributed by atoms with Crippen molar-refractivity contribution in [2.45, 2.75) is 26.0 Å². The molecule has 1 N–H and O–H groups in total. The Balaban J connectivity index is 1.87. The maximum atomic E-state index is 9.29. The first-order valence-corrected chi connectivity index (χ1v) is 7.03. The lowest BCUT2D eigenvalue weighted by Crippen LogP contribution is -2.21. The molecule has 21 heavy (non-hydrogen) atoms. The molecule has 2 aromatic rings. The molecule has 1 aromatic heterocycles. The van der Waals surface area contributed by atoms with Crippen LogP contribution >= 0.6 is 0 Å². The Morgan fingerprint density at radius 3 is 2.62 bits per heavy atom. The van der Waals surface area contributed by atoms with Gasteiger partial charge in [0.05, 0.1) is 12.3 Å². The highest BCUT2D eigenvalue weighted by molar-refractivity contribution is 5.29. The Bertz CT molecular complexity index is 529. The second kappa shape index (κ2) is 7.71. The number of aliphatic hydroxyl groups excluding tert-OH is 1. The molecule has 1 heterocycles. The summed E-state index contributed by atoms with van der Waals surface area (Å²) in [6.07, 6.45) is 5.32. The number of rotatable bonds is 7. The van der Waals surface area contributed by atoms with Gasteiger partial charge in [-0.25, -0.2) is 4.98 Å². The fraction of sp³-hybridized carbons (Fsp3) is 0.375. The van der Waals surface area contributed by atoms with Crippen LogP contribution in [-0.4, -0.2) is 39.7 Å². The Morgan fingerprint density at radius 2 is 2.00 bits per heavy atom. The SMILES string of the molecule is CC(O)CCN(C)Cc1ccc(Oc2cnccn2)cc1. The molecule has 0 aliphatic carbocycles. The normalized spacial score (nSPS) is 12.4. The van der Waals surface area contributed by atoms with Crippen LogP contribution in [0.5, 0.6) is 11.6 Å². The highest BCUT2D eigenvalue weighted by Crippen LogP contribution is 2.19. The predicted molar refractivity (Wildman–Crippen MR) is 81.2 cm³/mol. The summed E-state index contributed by atoms with van der Waals surface area (Å²) < 4.78 is 5.60. The monoisotopic (exact) mass is 287 g/mol. The molecule has 1 unspecified atom stereocenters. The van der Waals surface area contributed by atoms with E-state index in [9.17, 15) is 5.11 Å². The van der Waals surface area contributed by atoms with Gasteiger partial charge < -0.3 is 14.7 Å². The van der Waals surface area contributed by atoms with Gasteiger partial charge in [0.25, 0.3) is 0 Å². The van der Waals surface area contributed by atoms with Crippen LogP contribution < -0.4 is 4.74 Å². The summed E-state index contributed by atoms with van der Waals surface area (Å²) in [6, 6.07) is 7.91. The smallest absolute Gasteiger partial charge is 0.237 e. The summed E-state index contributed by atoms with van der Waals surface area (Å²) in [5.41, 5.74) is 1.20. The molecule has 5 nitrogen and oxygen atoms in total. The minimum atomic E-state index is -0.254. The molecule has 1 atom stereocenters. The number of hydrogen-bond donors (Lipinski definition) is 1.